The van der Waals surface area contributed by atoms with Crippen LogP contribution in [-0.4, -0.2) is 46.3 Å². The van der Waals surface area contributed by atoms with Crippen LogP contribution < -0.4 is 10.2 Å². The summed E-state index contributed by atoms with van der Waals surface area (Å²) in [5, 5.41) is 7.76. The minimum Gasteiger partial charge on any atom is -0.461 e. The number of ether oxygens (including phenoxy) is 1. The van der Waals surface area contributed by atoms with Gasteiger partial charge in [0.05, 0.1) is 13.2 Å². The van der Waals surface area contributed by atoms with Crippen LogP contribution in [0.1, 0.15) is 60.7 Å². The van der Waals surface area contributed by atoms with Crippen LogP contribution in [0.5, 0.6) is 0 Å². The van der Waals surface area contributed by atoms with Crippen LogP contribution in [0.2, 0.25) is 5.02 Å². The van der Waals surface area contributed by atoms with Gasteiger partial charge in [-0.2, -0.15) is 5.10 Å². The number of hydrogen-bond donors (Lipinski definition) is 1. The Balaban J connectivity index is 2.07. The molecule has 0 bridgehead atoms. The minimum absolute atomic E-state index is 0.0347. The standard InChI is InChI=1S/C23H29ClN4O4/c1-6-32-21(30)17-12-19-20(29)28(18-8-7-16(24)11-15(18)4)23(5,13-27(19)26-17)22(31)25-10-9-14(2)3/h7-8,11-12,14H,6,9-10,13H2,1-5H3,(H,25,31)/t23-/m0/s1. The second-order valence-electron chi connectivity index (χ2n) is 8.58. The lowest BCUT2D eigenvalue weighted by molar-refractivity contribution is -0.126. The number of nitrogens with one attached hydrogen (secondary N) is 1. The largest absolute Gasteiger partial charge is 0.461 e. The fourth-order valence-electron chi connectivity index (χ4n) is 3.80. The Bertz CT molecular complexity index is 1050. The number of aryl methyl sites for hydroxylation is 1. The molecule has 1 atom stereocenters. The molecule has 1 N–H and O–H groups in total. The van der Waals surface area contributed by atoms with E-state index >= 15 is 0 Å². The summed E-state index contributed by atoms with van der Waals surface area (Å²) in [5.41, 5.74) is 0.316. The minimum atomic E-state index is -1.27. The van der Waals surface area contributed by atoms with Gasteiger partial charge in [0.25, 0.3) is 5.91 Å². The first-order valence-electron chi connectivity index (χ1n) is 10.7. The van der Waals surface area contributed by atoms with Crippen LogP contribution in [0.4, 0.5) is 5.69 Å². The second kappa shape index (κ2) is 9.32. The summed E-state index contributed by atoms with van der Waals surface area (Å²) in [6.45, 7) is 10.2. The third-order valence-electron chi connectivity index (χ3n) is 5.53. The number of anilines is 1. The molecule has 2 heterocycles. The van der Waals surface area contributed by atoms with Gasteiger partial charge >= 0.3 is 5.97 Å². The maximum absolute atomic E-state index is 13.7. The molecular weight excluding hydrogens is 432 g/mol. The van der Waals surface area contributed by atoms with Gasteiger partial charge in [0.2, 0.25) is 5.91 Å². The summed E-state index contributed by atoms with van der Waals surface area (Å²) < 4.78 is 6.44. The molecule has 1 aromatic heterocycles. The van der Waals surface area contributed by atoms with Gasteiger partial charge in [0.15, 0.2) is 5.69 Å². The highest BCUT2D eigenvalue weighted by Crippen LogP contribution is 2.35. The van der Waals surface area contributed by atoms with Gasteiger partial charge in [-0.3, -0.25) is 19.2 Å². The molecule has 0 saturated carbocycles. The van der Waals surface area contributed by atoms with Crippen LogP contribution >= 0.6 is 11.6 Å². The average Bonchev–Trinajstić information content (AvgIpc) is 3.13. The Hall–Kier alpha value is -2.87. The van der Waals surface area contributed by atoms with Gasteiger partial charge in [-0.25, -0.2) is 4.79 Å². The molecule has 2 amide bonds. The number of esters is 1. The van der Waals surface area contributed by atoms with Crippen LogP contribution in [0, 0.1) is 12.8 Å². The Labute approximate surface area is 192 Å². The number of aromatic nitrogens is 2. The van der Waals surface area contributed by atoms with Crippen molar-refractivity contribution in [2.24, 2.45) is 5.92 Å². The monoisotopic (exact) mass is 460 g/mol. The SMILES string of the molecule is CCOC(=O)c1cc2n(n1)C[C@@](C)(C(=O)NCCC(C)C)N(c1ccc(Cl)cc1C)C2=O. The van der Waals surface area contributed by atoms with Crippen LogP contribution in [0.3, 0.4) is 0 Å². The molecule has 3 rings (SSSR count). The maximum atomic E-state index is 13.7. The lowest BCUT2D eigenvalue weighted by atomic mass is 9.93. The molecule has 1 aromatic carbocycles. The van der Waals surface area contributed by atoms with E-state index in [4.69, 9.17) is 16.3 Å². The predicted octanol–water partition coefficient (Wildman–Crippen LogP) is 3.60. The van der Waals surface area contributed by atoms with E-state index in [1.807, 2.05) is 6.92 Å². The summed E-state index contributed by atoms with van der Waals surface area (Å²) in [6, 6.07) is 6.57. The van der Waals surface area contributed by atoms with E-state index in [1.165, 1.54) is 15.6 Å². The number of rotatable bonds is 7. The van der Waals surface area contributed by atoms with Crippen molar-refractivity contribution in [2.75, 3.05) is 18.1 Å². The average molecular weight is 461 g/mol. The van der Waals surface area contributed by atoms with Crippen molar-refractivity contribution in [3.63, 3.8) is 0 Å². The third kappa shape index (κ3) is 4.50. The molecule has 32 heavy (non-hydrogen) atoms. The Morgan fingerprint density at radius 2 is 2.03 bits per heavy atom. The van der Waals surface area contributed by atoms with Crippen molar-refractivity contribution in [3.8, 4) is 0 Å². The first-order valence-corrected chi connectivity index (χ1v) is 11.1. The highest BCUT2D eigenvalue weighted by molar-refractivity contribution is 6.30. The number of fused-ring (bicyclic) bond motifs is 1. The highest BCUT2D eigenvalue weighted by Gasteiger charge is 2.49. The molecular formula is C23H29ClN4O4. The van der Waals surface area contributed by atoms with Gasteiger partial charge in [0, 0.05) is 23.3 Å². The molecule has 0 radical (unpaired) electrons. The van der Waals surface area contributed by atoms with Crippen molar-refractivity contribution >= 4 is 35.1 Å². The zero-order valence-electron chi connectivity index (χ0n) is 19.1. The lowest BCUT2D eigenvalue weighted by Gasteiger charge is -2.43. The van der Waals surface area contributed by atoms with Gasteiger partial charge in [-0.15, -0.1) is 0 Å². The molecule has 0 spiro atoms. The van der Waals surface area contributed by atoms with Crippen molar-refractivity contribution in [1.29, 1.82) is 0 Å². The summed E-state index contributed by atoms with van der Waals surface area (Å²) >= 11 is 6.12. The molecule has 1 aliphatic rings. The fraction of sp³-hybridized carbons (Fsp3) is 0.478. The van der Waals surface area contributed by atoms with E-state index in [0.717, 1.165) is 12.0 Å². The predicted molar refractivity (Wildman–Crippen MR) is 122 cm³/mol. The first kappa shape index (κ1) is 23.8. The molecule has 172 valence electrons. The molecule has 0 saturated heterocycles. The molecule has 0 unspecified atom stereocenters. The van der Waals surface area contributed by atoms with Gasteiger partial charge in [0.1, 0.15) is 11.2 Å². The Kier molecular flexibility index (Phi) is 6.93. The van der Waals surface area contributed by atoms with Crippen molar-refractivity contribution < 1.29 is 19.1 Å². The lowest BCUT2D eigenvalue weighted by Crippen LogP contribution is -2.64. The molecule has 2 aromatic rings. The van der Waals surface area contributed by atoms with Crippen molar-refractivity contribution in [1.82, 2.24) is 15.1 Å². The van der Waals surface area contributed by atoms with Gasteiger partial charge in [-0.1, -0.05) is 25.4 Å². The van der Waals surface area contributed by atoms with Crippen molar-refractivity contribution in [3.05, 3.63) is 46.2 Å². The van der Waals surface area contributed by atoms with E-state index < -0.39 is 17.4 Å². The molecule has 9 heteroatoms. The van der Waals surface area contributed by atoms with E-state index in [1.54, 1.807) is 32.0 Å². The van der Waals surface area contributed by atoms with E-state index in [0.29, 0.717) is 23.2 Å². The molecule has 0 aliphatic carbocycles. The van der Waals surface area contributed by atoms with E-state index in [2.05, 4.69) is 24.3 Å². The van der Waals surface area contributed by atoms with Gasteiger partial charge < -0.3 is 10.1 Å². The van der Waals surface area contributed by atoms with Crippen molar-refractivity contribution in [2.45, 2.75) is 53.1 Å². The number of benzene rings is 1. The molecule has 0 fully saturated rings. The number of nitrogens with zero attached hydrogens (tertiary/aromatic N) is 3. The van der Waals surface area contributed by atoms with E-state index in [-0.39, 0.29) is 30.4 Å². The zero-order valence-corrected chi connectivity index (χ0v) is 19.8. The van der Waals surface area contributed by atoms with Crippen LogP contribution in [0.25, 0.3) is 0 Å². The van der Waals surface area contributed by atoms with E-state index in [9.17, 15) is 14.4 Å². The normalized spacial score (nSPS) is 18.0. The summed E-state index contributed by atoms with van der Waals surface area (Å²) in [6.07, 6.45) is 0.815. The number of carbonyl (C=O) groups is 3. The quantitative estimate of drug-likeness (QED) is 0.637. The maximum Gasteiger partial charge on any atom is 0.358 e. The topological polar surface area (TPSA) is 93.5 Å². The fourth-order valence-corrected chi connectivity index (χ4v) is 4.03. The highest BCUT2D eigenvalue weighted by atomic mass is 35.5. The number of carbonyl (C=O) groups excluding carboxylic acids is 3. The second-order valence-corrected chi connectivity index (χ2v) is 9.01. The third-order valence-corrected chi connectivity index (χ3v) is 5.77. The number of halogens is 1. The smallest absolute Gasteiger partial charge is 0.358 e. The van der Waals surface area contributed by atoms with Crippen LogP contribution in [-0.2, 0) is 16.1 Å². The van der Waals surface area contributed by atoms with Crippen LogP contribution in [0.15, 0.2) is 24.3 Å². The van der Waals surface area contributed by atoms with Gasteiger partial charge in [-0.05, 0) is 56.9 Å². The Morgan fingerprint density at radius 3 is 2.66 bits per heavy atom. The summed E-state index contributed by atoms with van der Waals surface area (Å²) in [4.78, 5) is 40.7. The zero-order chi connectivity index (χ0) is 23.6. The number of amides is 2. The Morgan fingerprint density at radius 1 is 1.31 bits per heavy atom. The summed E-state index contributed by atoms with van der Waals surface area (Å²) in [5.74, 6) is -0.902. The molecule has 8 nitrogen and oxygen atoms in total. The molecule has 1 aliphatic heterocycles. The summed E-state index contributed by atoms with van der Waals surface area (Å²) in [7, 11) is 0. The number of hydrogen-bond acceptors (Lipinski definition) is 5. The first-order chi connectivity index (χ1) is 15.1.